The number of hydrogen-bond acceptors (Lipinski definition) is 6. The molecule has 24 heavy (non-hydrogen) atoms. The highest BCUT2D eigenvalue weighted by Crippen LogP contribution is 2.25. The zero-order chi connectivity index (χ0) is 16.4. The summed E-state index contributed by atoms with van der Waals surface area (Å²) in [5.74, 6) is 0.673. The number of anilines is 1. The van der Waals surface area contributed by atoms with E-state index in [2.05, 4.69) is 56.0 Å². The second-order valence-electron chi connectivity index (χ2n) is 5.49. The number of aromatic nitrogens is 6. The molecular formula is C17H15N7. The largest absolute Gasteiger partial charge is 0.356 e. The summed E-state index contributed by atoms with van der Waals surface area (Å²) in [6.45, 7) is 2.07. The number of fused-ring (bicyclic) bond motifs is 1. The topological polar surface area (TPSA) is 80.9 Å². The molecule has 118 valence electrons. The van der Waals surface area contributed by atoms with Crippen molar-refractivity contribution in [1.29, 1.82) is 0 Å². The molecule has 3 heterocycles. The fourth-order valence-electron chi connectivity index (χ4n) is 2.60. The second-order valence-corrected chi connectivity index (χ2v) is 5.49. The average Bonchev–Trinajstić information content (AvgIpc) is 3.08. The predicted octanol–water partition coefficient (Wildman–Crippen LogP) is 2.42. The van der Waals surface area contributed by atoms with Crippen LogP contribution >= 0.6 is 0 Å². The minimum Gasteiger partial charge on any atom is -0.356 e. The predicted molar refractivity (Wildman–Crippen MR) is 89.5 cm³/mol. The summed E-state index contributed by atoms with van der Waals surface area (Å²) in [6, 6.07) is 17.8. The molecule has 3 aromatic heterocycles. The Hall–Kier alpha value is -3.35. The SMILES string of the molecule is Cc1cccc(C(Nc2ccc3nnnn3n2)c2ccccn2)c1. The normalized spacial score (nSPS) is 12.2. The van der Waals surface area contributed by atoms with Crippen LogP contribution in [0.5, 0.6) is 0 Å². The Morgan fingerprint density at radius 3 is 2.83 bits per heavy atom. The highest BCUT2D eigenvalue weighted by atomic mass is 15.6. The zero-order valence-electron chi connectivity index (χ0n) is 13.0. The third kappa shape index (κ3) is 2.79. The highest BCUT2D eigenvalue weighted by molar-refractivity contribution is 5.46. The molecule has 1 aromatic carbocycles. The van der Waals surface area contributed by atoms with Gasteiger partial charge in [0.15, 0.2) is 5.65 Å². The van der Waals surface area contributed by atoms with Crippen LogP contribution in [0.15, 0.2) is 60.8 Å². The van der Waals surface area contributed by atoms with Crippen LogP contribution in [0.2, 0.25) is 0 Å². The number of hydrogen-bond donors (Lipinski definition) is 1. The second kappa shape index (κ2) is 6.04. The van der Waals surface area contributed by atoms with E-state index in [1.165, 1.54) is 10.2 Å². The molecule has 0 fully saturated rings. The summed E-state index contributed by atoms with van der Waals surface area (Å²) in [5.41, 5.74) is 3.83. The maximum Gasteiger partial charge on any atom is 0.200 e. The van der Waals surface area contributed by atoms with Crippen molar-refractivity contribution in [2.24, 2.45) is 0 Å². The molecule has 1 unspecified atom stereocenters. The number of nitrogens with one attached hydrogen (secondary N) is 1. The Bertz CT molecular complexity index is 965. The van der Waals surface area contributed by atoms with Crippen LogP contribution in [0.25, 0.3) is 5.65 Å². The monoisotopic (exact) mass is 317 g/mol. The van der Waals surface area contributed by atoms with E-state index in [9.17, 15) is 0 Å². The van der Waals surface area contributed by atoms with Crippen molar-refractivity contribution in [3.05, 3.63) is 77.6 Å². The van der Waals surface area contributed by atoms with Crippen LogP contribution in [0.3, 0.4) is 0 Å². The van der Waals surface area contributed by atoms with Crippen LogP contribution in [0, 0.1) is 6.92 Å². The van der Waals surface area contributed by atoms with Gasteiger partial charge in [0.1, 0.15) is 5.82 Å². The Labute approximate surface area is 138 Å². The first-order valence-corrected chi connectivity index (χ1v) is 7.59. The van der Waals surface area contributed by atoms with Gasteiger partial charge in [0, 0.05) is 6.20 Å². The van der Waals surface area contributed by atoms with Gasteiger partial charge in [0.2, 0.25) is 0 Å². The quantitative estimate of drug-likeness (QED) is 0.622. The standard InChI is InChI=1S/C17H15N7/c1-12-5-4-6-13(11-12)17(14-7-2-3-10-18-14)19-15-8-9-16-20-22-23-24(16)21-15/h2-11,17H,1H3,(H,19,21). The van der Waals surface area contributed by atoms with E-state index >= 15 is 0 Å². The van der Waals surface area contributed by atoms with E-state index < -0.39 is 0 Å². The number of benzene rings is 1. The lowest BCUT2D eigenvalue weighted by Gasteiger charge is -2.19. The molecule has 1 atom stereocenters. The Morgan fingerprint density at radius 2 is 2.00 bits per heavy atom. The third-order valence-electron chi connectivity index (χ3n) is 3.72. The number of aryl methyl sites for hydroxylation is 1. The molecule has 0 aliphatic carbocycles. The molecule has 4 rings (SSSR count). The van der Waals surface area contributed by atoms with Gasteiger partial charge in [0.25, 0.3) is 0 Å². The van der Waals surface area contributed by atoms with Gasteiger partial charge in [-0.2, -0.15) is 0 Å². The first kappa shape index (κ1) is 14.3. The molecule has 0 spiro atoms. The van der Waals surface area contributed by atoms with Crippen LogP contribution in [0.1, 0.15) is 22.9 Å². The van der Waals surface area contributed by atoms with Gasteiger partial charge in [-0.1, -0.05) is 35.9 Å². The van der Waals surface area contributed by atoms with Crippen molar-refractivity contribution in [3.8, 4) is 0 Å². The Kier molecular flexibility index (Phi) is 3.59. The maximum atomic E-state index is 4.50. The lowest BCUT2D eigenvalue weighted by molar-refractivity contribution is 0.729. The lowest BCUT2D eigenvalue weighted by Crippen LogP contribution is -2.15. The summed E-state index contributed by atoms with van der Waals surface area (Å²) < 4.78 is 1.40. The Morgan fingerprint density at radius 1 is 1.04 bits per heavy atom. The first-order valence-electron chi connectivity index (χ1n) is 7.59. The summed E-state index contributed by atoms with van der Waals surface area (Å²) in [5, 5.41) is 19.1. The minimum atomic E-state index is -0.118. The van der Waals surface area contributed by atoms with Crippen molar-refractivity contribution >= 4 is 11.5 Å². The molecule has 7 nitrogen and oxygen atoms in total. The highest BCUT2D eigenvalue weighted by Gasteiger charge is 2.16. The third-order valence-corrected chi connectivity index (χ3v) is 3.72. The van der Waals surface area contributed by atoms with E-state index in [4.69, 9.17) is 0 Å². The molecule has 0 saturated heterocycles. The van der Waals surface area contributed by atoms with Crippen LogP contribution < -0.4 is 5.32 Å². The lowest BCUT2D eigenvalue weighted by atomic mass is 10.0. The maximum absolute atomic E-state index is 4.50. The number of tetrazole rings is 1. The van der Waals surface area contributed by atoms with Gasteiger partial charge in [-0.05, 0) is 47.2 Å². The van der Waals surface area contributed by atoms with Crippen LogP contribution in [-0.4, -0.2) is 30.2 Å². The molecule has 0 aliphatic heterocycles. The van der Waals surface area contributed by atoms with E-state index in [0.29, 0.717) is 11.5 Å². The van der Waals surface area contributed by atoms with Crippen molar-refractivity contribution in [2.45, 2.75) is 13.0 Å². The molecule has 0 bridgehead atoms. The van der Waals surface area contributed by atoms with Gasteiger partial charge >= 0.3 is 0 Å². The Balaban J connectivity index is 1.74. The van der Waals surface area contributed by atoms with E-state index in [1.54, 1.807) is 6.20 Å². The van der Waals surface area contributed by atoms with E-state index in [0.717, 1.165) is 11.3 Å². The van der Waals surface area contributed by atoms with Gasteiger partial charge in [-0.15, -0.1) is 14.8 Å². The minimum absolute atomic E-state index is 0.118. The van der Waals surface area contributed by atoms with Gasteiger partial charge in [-0.3, -0.25) is 4.98 Å². The molecule has 4 aromatic rings. The smallest absolute Gasteiger partial charge is 0.200 e. The summed E-state index contributed by atoms with van der Waals surface area (Å²) in [4.78, 5) is 4.50. The molecule has 1 N–H and O–H groups in total. The zero-order valence-corrected chi connectivity index (χ0v) is 13.0. The fraction of sp³-hybridized carbons (Fsp3) is 0.118. The van der Waals surface area contributed by atoms with Crippen molar-refractivity contribution in [2.75, 3.05) is 5.32 Å². The average molecular weight is 317 g/mol. The molecule has 0 amide bonds. The van der Waals surface area contributed by atoms with Gasteiger partial charge < -0.3 is 5.32 Å². The number of rotatable bonds is 4. The summed E-state index contributed by atoms with van der Waals surface area (Å²) in [7, 11) is 0. The van der Waals surface area contributed by atoms with E-state index in [1.807, 2.05) is 36.4 Å². The molecule has 0 saturated carbocycles. The van der Waals surface area contributed by atoms with E-state index in [-0.39, 0.29) is 6.04 Å². The first-order chi connectivity index (χ1) is 11.8. The van der Waals surface area contributed by atoms with Gasteiger partial charge in [-0.25, -0.2) is 0 Å². The summed E-state index contributed by atoms with van der Waals surface area (Å²) in [6.07, 6.45) is 1.79. The molecule has 7 heteroatoms. The van der Waals surface area contributed by atoms with Crippen molar-refractivity contribution < 1.29 is 0 Å². The van der Waals surface area contributed by atoms with Gasteiger partial charge in [0.05, 0.1) is 11.7 Å². The number of pyridine rings is 1. The van der Waals surface area contributed by atoms with Crippen LogP contribution in [0.4, 0.5) is 5.82 Å². The molecular weight excluding hydrogens is 302 g/mol. The molecule has 0 aliphatic rings. The molecule has 0 radical (unpaired) electrons. The van der Waals surface area contributed by atoms with Crippen molar-refractivity contribution in [1.82, 2.24) is 30.2 Å². The summed E-state index contributed by atoms with van der Waals surface area (Å²) >= 11 is 0. The van der Waals surface area contributed by atoms with Crippen molar-refractivity contribution in [3.63, 3.8) is 0 Å². The number of nitrogens with zero attached hydrogens (tertiary/aromatic N) is 6. The van der Waals surface area contributed by atoms with Crippen LogP contribution in [-0.2, 0) is 0 Å². The fourth-order valence-corrected chi connectivity index (χ4v) is 2.60.